The van der Waals surface area contributed by atoms with Gasteiger partial charge in [-0.05, 0) is 37.5 Å². The number of hydrogen-bond donors (Lipinski definition) is 2. The summed E-state index contributed by atoms with van der Waals surface area (Å²) in [6, 6.07) is 5.07. The summed E-state index contributed by atoms with van der Waals surface area (Å²) in [5.41, 5.74) is 0.795. The zero-order valence-corrected chi connectivity index (χ0v) is 15.5. The quantitative estimate of drug-likeness (QED) is 0.617. The molecule has 26 heavy (non-hydrogen) atoms. The molecule has 1 fully saturated rings. The molecule has 1 aromatic carbocycles. The summed E-state index contributed by atoms with van der Waals surface area (Å²) in [6.07, 6.45) is 1.38. The molecule has 0 atom stereocenters. The van der Waals surface area contributed by atoms with Crippen LogP contribution in [0, 0.1) is 5.82 Å². The Labute approximate surface area is 153 Å². The minimum Gasteiger partial charge on any atom is -0.494 e. The number of ether oxygens (including phenoxy) is 2. The van der Waals surface area contributed by atoms with Crippen LogP contribution in [0.15, 0.2) is 23.2 Å². The molecule has 7 nitrogen and oxygen atoms in total. The lowest BCUT2D eigenvalue weighted by Gasteiger charge is -2.32. The number of benzene rings is 1. The van der Waals surface area contributed by atoms with Gasteiger partial charge in [0, 0.05) is 32.7 Å². The van der Waals surface area contributed by atoms with Crippen LogP contribution in [0.2, 0.25) is 0 Å². The van der Waals surface area contributed by atoms with Crippen LogP contribution in [0.25, 0.3) is 0 Å². The average Bonchev–Trinajstić information content (AvgIpc) is 2.66. The standard InChI is InChI=1S/C18H27FN4O3/c1-4-26-18(24)23-9-7-14(8-10-23)22-17(20-2)21-12-13-5-6-16(25-3)15(19)11-13/h5-6,11,14H,4,7-10,12H2,1-3H3,(H2,20,21,22). The minimum absolute atomic E-state index is 0.222. The first-order valence-electron chi connectivity index (χ1n) is 8.78. The zero-order valence-electron chi connectivity index (χ0n) is 15.5. The molecular formula is C18H27FN4O3. The lowest BCUT2D eigenvalue weighted by molar-refractivity contribution is 0.0963. The Balaban J connectivity index is 1.80. The first kappa shape index (κ1) is 19.8. The molecule has 0 bridgehead atoms. The van der Waals surface area contributed by atoms with Crippen molar-refractivity contribution in [2.75, 3.05) is 33.9 Å². The number of aliphatic imine (C=N–C) groups is 1. The summed E-state index contributed by atoms with van der Waals surface area (Å²) >= 11 is 0. The van der Waals surface area contributed by atoms with E-state index in [0.717, 1.165) is 18.4 Å². The Morgan fingerprint density at radius 3 is 2.69 bits per heavy atom. The fourth-order valence-corrected chi connectivity index (χ4v) is 2.81. The van der Waals surface area contributed by atoms with E-state index in [2.05, 4.69) is 15.6 Å². The second-order valence-electron chi connectivity index (χ2n) is 6.00. The van der Waals surface area contributed by atoms with Crippen molar-refractivity contribution in [3.63, 3.8) is 0 Å². The van der Waals surface area contributed by atoms with Gasteiger partial charge in [-0.3, -0.25) is 4.99 Å². The van der Waals surface area contributed by atoms with Gasteiger partial charge in [-0.2, -0.15) is 0 Å². The molecule has 0 unspecified atom stereocenters. The van der Waals surface area contributed by atoms with Gasteiger partial charge in [0.2, 0.25) is 0 Å². The number of nitrogens with one attached hydrogen (secondary N) is 2. The van der Waals surface area contributed by atoms with E-state index in [9.17, 15) is 9.18 Å². The maximum absolute atomic E-state index is 13.7. The summed E-state index contributed by atoms with van der Waals surface area (Å²) in [6.45, 7) is 3.94. The fourth-order valence-electron chi connectivity index (χ4n) is 2.81. The van der Waals surface area contributed by atoms with Crippen LogP contribution in [-0.4, -0.2) is 56.8 Å². The predicted octanol–water partition coefficient (Wildman–Crippen LogP) is 2.12. The highest BCUT2D eigenvalue weighted by molar-refractivity contribution is 5.80. The van der Waals surface area contributed by atoms with E-state index in [1.165, 1.54) is 13.2 Å². The number of carbonyl (C=O) groups is 1. The molecule has 8 heteroatoms. The summed E-state index contributed by atoms with van der Waals surface area (Å²) in [5, 5.41) is 6.52. The first-order valence-corrected chi connectivity index (χ1v) is 8.78. The van der Waals surface area contributed by atoms with Crippen molar-refractivity contribution < 1.29 is 18.7 Å². The maximum Gasteiger partial charge on any atom is 0.409 e. The molecule has 1 saturated heterocycles. The van der Waals surface area contributed by atoms with Gasteiger partial charge in [0.1, 0.15) is 0 Å². The van der Waals surface area contributed by atoms with Gasteiger partial charge in [-0.1, -0.05) is 6.07 Å². The molecular weight excluding hydrogens is 339 g/mol. The molecule has 0 aromatic heterocycles. The van der Waals surface area contributed by atoms with Gasteiger partial charge >= 0.3 is 6.09 Å². The summed E-state index contributed by atoms with van der Waals surface area (Å²) < 4.78 is 23.7. The minimum atomic E-state index is -0.388. The van der Waals surface area contributed by atoms with Crippen LogP contribution in [0.5, 0.6) is 5.75 Å². The number of carbonyl (C=O) groups excluding carboxylic acids is 1. The van der Waals surface area contributed by atoms with Crippen molar-refractivity contribution in [1.82, 2.24) is 15.5 Å². The van der Waals surface area contributed by atoms with Crippen LogP contribution in [0.4, 0.5) is 9.18 Å². The molecule has 1 heterocycles. The van der Waals surface area contributed by atoms with Gasteiger partial charge < -0.3 is 25.0 Å². The van der Waals surface area contributed by atoms with Gasteiger partial charge in [0.05, 0.1) is 13.7 Å². The number of hydrogen-bond acceptors (Lipinski definition) is 4. The third-order valence-corrected chi connectivity index (χ3v) is 4.26. The highest BCUT2D eigenvalue weighted by Crippen LogP contribution is 2.17. The van der Waals surface area contributed by atoms with Crippen LogP contribution < -0.4 is 15.4 Å². The second-order valence-corrected chi connectivity index (χ2v) is 6.00. The van der Waals surface area contributed by atoms with Crippen LogP contribution in [0.1, 0.15) is 25.3 Å². The van der Waals surface area contributed by atoms with Gasteiger partial charge in [0.15, 0.2) is 17.5 Å². The molecule has 1 aliphatic rings. The van der Waals surface area contributed by atoms with Crippen molar-refractivity contribution in [3.05, 3.63) is 29.6 Å². The molecule has 1 amide bonds. The molecule has 1 aliphatic heterocycles. The lowest BCUT2D eigenvalue weighted by Crippen LogP contribution is -2.49. The van der Waals surface area contributed by atoms with E-state index in [0.29, 0.717) is 32.2 Å². The molecule has 0 saturated carbocycles. The third kappa shape index (κ3) is 5.50. The Bertz CT molecular complexity index is 631. The monoisotopic (exact) mass is 366 g/mol. The molecule has 1 aromatic rings. The largest absolute Gasteiger partial charge is 0.494 e. The van der Waals surface area contributed by atoms with Crippen LogP contribution >= 0.6 is 0 Å². The lowest BCUT2D eigenvalue weighted by atomic mass is 10.1. The van der Waals surface area contributed by atoms with Gasteiger partial charge in [-0.15, -0.1) is 0 Å². The van der Waals surface area contributed by atoms with Crippen molar-refractivity contribution in [2.45, 2.75) is 32.4 Å². The smallest absolute Gasteiger partial charge is 0.409 e. The van der Waals surface area contributed by atoms with Crippen molar-refractivity contribution >= 4 is 12.1 Å². The highest BCUT2D eigenvalue weighted by Gasteiger charge is 2.24. The summed E-state index contributed by atoms with van der Waals surface area (Å²) in [4.78, 5) is 17.7. The SMILES string of the molecule is CCOC(=O)N1CCC(NC(=NC)NCc2ccc(OC)c(F)c2)CC1. The van der Waals surface area contributed by atoms with Gasteiger partial charge in [-0.25, -0.2) is 9.18 Å². The van der Waals surface area contributed by atoms with Crippen molar-refractivity contribution in [2.24, 2.45) is 4.99 Å². The molecule has 0 aliphatic carbocycles. The maximum atomic E-state index is 13.7. The topological polar surface area (TPSA) is 75.2 Å². The number of nitrogens with zero attached hydrogens (tertiary/aromatic N) is 2. The van der Waals surface area contributed by atoms with E-state index >= 15 is 0 Å². The average molecular weight is 366 g/mol. The van der Waals surface area contributed by atoms with Crippen molar-refractivity contribution in [1.29, 1.82) is 0 Å². The summed E-state index contributed by atoms with van der Waals surface area (Å²) in [7, 11) is 3.13. The Kier molecular flexibility index (Phi) is 7.50. The van der Waals surface area contributed by atoms with E-state index in [1.54, 1.807) is 31.0 Å². The van der Waals surface area contributed by atoms with E-state index in [4.69, 9.17) is 9.47 Å². The first-order chi connectivity index (χ1) is 12.6. The number of guanidine groups is 1. The number of rotatable bonds is 5. The Hall–Kier alpha value is -2.51. The molecule has 2 rings (SSSR count). The normalized spacial score (nSPS) is 15.5. The number of methoxy groups -OCH3 is 1. The molecule has 2 N–H and O–H groups in total. The van der Waals surface area contributed by atoms with E-state index in [1.807, 2.05) is 0 Å². The predicted molar refractivity (Wildman–Crippen MR) is 97.9 cm³/mol. The van der Waals surface area contributed by atoms with E-state index < -0.39 is 0 Å². The van der Waals surface area contributed by atoms with Crippen LogP contribution in [-0.2, 0) is 11.3 Å². The highest BCUT2D eigenvalue weighted by atomic mass is 19.1. The number of halogens is 1. The molecule has 144 valence electrons. The number of amides is 1. The van der Waals surface area contributed by atoms with Crippen molar-refractivity contribution in [3.8, 4) is 5.75 Å². The Morgan fingerprint density at radius 1 is 1.38 bits per heavy atom. The molecule has 0 spiro atoms. The fraction of sp³-hybridized carbons (Fsp3) is 0.556. The molecule has 0 radical (unpaired) electrons. The third-order valence-electron chi connectivity index (χ3n) is 4.26. The van der Waals surface area contributed by atoms with E-state index in [-0.39, 0.29) is 23.7 Å². The number of piperidine rings is 1. The summed E-state index contributed by atoms with van der Waals surface area (Å²) in [5.74, 6) is 0.488. The van der Waals surface area contributed by atoms with Crippen LogP contribution in [0.3, 0.4) is 0 Å². The Morgan fingerprint density at radius 2 is 2.12 bits per heavy atom. The number of likely N-dealkylation sites (tertiary alicyclic amines) is 1. The van der Waals surface area contributed by atoms with Gasteiger partial charge in [0.25, 0.3) is 0 Å². The zero-order chi connectivity index (χ0) is 18.9. The second kappa shape index (κ2) is 9.84.